The van der Waals surface area contributed by atoms with Gasteiger partial charge in [0.05, 0.1) is 12.1 Å². The summed E-state index contributed by atoms with van der Waals surface area (Å²) in [6, 6.07) is 6.93. The van der Waals surface area contributed by atoms with Crippen molar-refractivity contribution in [1.29, 1.82) is 0 Å². The second-order valence-electron chi connectivity index (χ2n) is 6.05. The fourth-order valence-corrected chi connectivity index (χ4v) is 3.16. The van der Waals surface area contributed by atoms with E-state index in [1.54, 1.807) is 12.1 Å². The summed E-state index contributed by atoms with van der Waals surface area (Å²) in [5, 5.41) is 11.2. The van der Waals surface area contributed by atoms with Crippen molar-refractivity contribution in [2.45, 2.75) is 44.8 Å². The fraction of sp³-hybridized carbons (Fsp3) is 0.588. The summed E-state index contributed by atoms with van der Waals surface area (Å²) in [5.74, 6) is 0.217. The number of benzene rings is 1. The predicted molar refractivity (Wildman–Crippen MR) is 88.6 cm³/mol. The molecule has 2 unspecified atom stereocenters. The number of nitrogens with zero attached hydrogens (tertiary/aromatic N) is 1. The number of aliphatic hydroxyl groups is 1. The summed E-state index contributed by atoms with van der Waals surface area (Å²) in [4.78, 5) is 14.0. The molecule has 0 spiro atoms. The van der Waals surface area contributed by atoms with Crippen molar-refractivity contribution in [1.82, 2.24) is 4.90 Å². The number of aliphatic hydroxyl groups excluding tert-OH is 1. The van der Waals surface area contributed by atoms with Gasteiger partial charge in [0.25, 0.3) is 0 Å². The summed E-state index contributed by atoms with van der Waals surface area (Å²) < 4.78 is 0. The van der Waals surface area contributed by atoms with Gasteiger partial charge in [-0.25, -0.2) is 0 Å². The number of carbonyl (C=O) groups excluding carboxylic acids is 1. The van der Waals surface area contributed by atoms with E-state index in [4.69, 9.17) is 17.3 Å². The molecule has 0 aliphatic carbocycles. The molecule has 122 valence electrons. The Kier molecular flexibility index (Phi) is 6.24. The average molecular weight is 325 g/mol. The lowest BCUT2D eigenvalue weighted by Gasteiger charge is -2.35. The van der Waals surface area contributed by atoms with Crippen LogP contribution in [0.25, 0.3) is 0 Å². The Bertz CT molecular complexity index is 484. The highest BCUT2D eigenvalue weighted by atomic mass is 35.5. The third-order valence-electron chi connectivity index (χ3n) is 4.43. The SMILES string of the molecule is CCCC(N)C(=O)N1CCC(C(O)c2ccc(Cl)cc2)CC1. The Morgan fingerprint density at radius 3 is 2.50 bits per heavy atom. The first kappa shape index (κ1) is 17.3. The summed E-state index contributed by atoms with van der Waals surface area (Å²) in [7, 11) is 0. The lowest BCUT2D eigenvalue weighted by atomic mass is 9.87. The van der Waals surface area contributed by atoms with Gasteiger partial charge in [-0.05, 0) is 42.9 Å². The van der Waals surface area contributed by atoms with E-state index < -0.39 is 6.10 Å². The van der Waals surface area contributed by atoms with Crippen LogP contribution in [0, 0.1) is 5.92 Å². The molecule has 0 aromatic heterocycles. The summed E-state index contributed by atoms with van der Waals surface area (Å²) >= 11 is 5.87. The topological polar surface area (TPSA) is 66.6 Å². The molecule has 0 saturated carbocycles. The zero-order valence-corrected chi connectivity index (χ0v) is 13.8. The first-order chi connectivity index (χ1) is 10.5. The van der Waals surface area contributed by atoms with E-state index in [0.29, 0.717) is 18.1 Å². The van der Waals surface area contributed by atoms with Crippen molar-refractivity contribution >= 4 is 17.5 Å². The minimum Gasteiger partial charge on any atom is -0.388 e. The smallest absolute Gasteiger partial charge is 0.239 e. The number of hydrogen-bond acceptors (Lipinski definition) is 3. The molecule has 0 bridgehead atoms. The van der Waals surface area contributed by atoms with Crippen LogP contribution in [0.4, 0.5) is 0 Å². The normalized spacial score (nSPS) is 19.0. The van der Waals surface area contributed by atoms with Crippen LogP contribution in [0.1, 0.15) is 44.3 Å². The second kappa shape index (κ2) is 7.95. The zero-order valence-electron chi connectivity index (χ0n) is 13.0. The Labute approximate surface area is 137 Å². The molecule has 1 fully saturated rings. The van der Waals surface area contributed by atoms with Gasteiger partial charge in [0, 0.05) is 18.1 Å². The van der Waals surface area contributed by atoms with Crippen LogP contribution in [-0.2, 0) is 4.79 Å². The van der Waals surface area contributed by atoms with Crippen molar-refractivity contribution in [3.63, 3.8) is 0 Å². The van der Waals surface area contributed by atoms with E-state index in [-0.39, 0.29) is 17.9 Å². The molecule has 1 saturated heterocycles. The van der Waals surface area contributed by atoms with Gasteiger partial charge in [-0.1, -0.05) is 37.1 Å². The highest BCUT2D eigenvalue weighted by molar-refractivity contribution is 6.30. The van der Waals surface area contributed by atoms with Crippen LogP contribution in [-0.4, -0.2) is 35.0 Å². The number of piperidine rings is 1. The van der Waals surface area contributed by atoms with E-state index in [1.807, 2.05) is 24.0 Å². The van der Waals surface area contributed by atoms with Crippen LogP contribution in [0.5, 0.6) is 0 Å². The van der Waals surface area contributed by atoms with Gasteiger partial charge in [0.2, 0.25) is 5.91 Å². The predicted octanol–water partition coefficient (Wildman–Crippen LogP) is 2.74. The van der Waals surface area contributed by atoms with Crippen molar-refractivity contribution in [2.24, 2.45) is 11.7 Å². The number of nitrogens with two attached hydrogens (primary N) is 1. The molecule has 5 heteroatoms. The molecule has 22 heavy (non-hydrogen) atoms. The zero-order chi connectivity index (χ0) is 16.1. The van der Waals surface area contributed by atoms with E-state index in [2.05, 4.69) is 0 Å². The lowest BCUT2D eigenvalue weighted by Crippen LogP contribution is -2.47. The monoisotopic (exact) mass is 324 g/mol. The van der Waals surface area contributed by atoms with Gasteiger partial charge in [-0.2, -0.15) is 0 Å². The van der Waals surface area contributed by atoms with Crippen molar-refractivity contribution in [3.8, 4) is 0 Å². The standard InChI is InChI=1S/C17H25ClN2O2/c1-2-3-15(19)17(22)20-10-8-13(9-11-20)16(21)12-4-6-14(18)7-5-12/h4-7,13,15-16,21H,2-3,8-11,19H2,1H3. The number of likely N-dealkylation sites (tertiary alicyclic amines) is 1. The van der Waals surface area contributed by atoms with E-state index in [9.17, 15) is 9.90 Å². The maximum atomic E-state index is 12.2. The number of rotatable bonds is 5. The van der Waals surface area contributed by atoms with Crippen LogP contribution < -0.4 is 5.73 Å². The number of hydrogen-bond donors (Lipinski definition) is 2. The Balaban J connectivity index is 1.89. The second-order valence-corrected chi connectivity index (χ2v) is 6.49. The van der Waals surface area contributed by atoms with Crippen LogP contribution in [0.15, 0.2) is 24.3 Å². The molecule has 1 amide bonds. The molecule has 2 atom stereocenters. The highest BCUT2D eigenvalue weighted by Crippen LogP contribution is 2.31. The van der Waals surface area contributed by atoms with E-state index >= 15 is 0 Å². The number of amides is 1. The van der Waals surface area contributed by atoms with E-state index in [1.165, 1.54) is 0 Å². The Morgan fingerprint density at radius 2 is 1.95 bits per heavy atom. The van der Waals surface area contributed by atoms with Crippen molar-refractivity contribution in [2.75, 3.05) is 13.1 Å². The van der Waals surface area contributed by atoms with Gasteiger partial charge in [-0.15, -0.1) is 0 Å². The van der Waals surface area contributed by atoms with Crippen molar-refractivity contribution < 1.29 is 9.90 Å². The molecule has 4 nitrogen and oxygen atoms in total. The van der Waals surface area contributed by atoms with Gasteiger partial charge < -0.3 is 15.7 Å². The molecule has 1 aromatic carbocycles. The van der Waals surface area contributed by atoms with Crippen LogP contribution >= 0.6 is 11.6 Å². The number of halogens is 1. The highest BCUT2D eigenvalue weighted by Gasteiger charge is 2.29. The fourth-order valence-electron chi connectivity index (χ4n) is 3.04. The molecule has 0 radical (unpaired) electrons. The molecule has 2 rings (SSSR count). The van der Waals surface area contributed by atoms with Gasteiger partial charge in [0.1, 0.15) is 0 Å². The number of carbonyl (C=O) groups is 1. The van der Waals surface area contributed by atoms with Crippen molar-refractivity contribution in [3.05, 3.63) is 34.9 Å². The maximum Gasteiger partial charge on any atom is 0.239 e. The molecular weight excluding hydrogens is 300 g/mol. The third-order valence-corrected chi connectivity index (χ3v) is 4.68. The molecule has 1 aliphatic heterocycles. The minimum atomic E-state index is -0.501. The Morgan fingerprint density at radius 1 is 1.36 bits per heavy atom. The molecule has 1 heterocycles. The van der Waals surface area contributed by atoms with Crippen LogP contribution in [0.2, 0.25) is 5.02 Å². The Hall–Kier alpha value is -1.10. The third kappa shape index (κ3) is 4.22. The lowest BCUT2D eigenvalue weighted by molar-refractivity contribution is -0.134. The van der Waals surface area contributed by atoms with E-state index in [0.717, 1.165) is 31.2 Å². The van der Waals surface area contributed by atoms with Gasteiger partial charge in [0.15, 0.2) is 0 Å². The molecular formula is C17H25ClN2O2. The largest absolute Gasteiger partial charge is 0.388 e. The molecule has 1 aliphatic rings. The molecule has 1 aromatic rings. The van der Waals surface area contributed by atoms with Gasteiger partial charge in [-0.3, -0.25) is 4.79 Å². The summed E-state index contributed by atoms with van der Waals surface area (Å²) in [6.45, 7) is 3.37. The quantitative estimate of drug-likeness (QED) is 0.875. The molecule has 3 N–H and O–H groups in total. The average Bonchev–Trinajstić information content (AvgIpc) is 2.54. The first-order valence-electron chi connectivity index (χ1n) is 8.00. The minimum absolute atomic E-state index is 0.0429. The first-order valence-corrected chi connectivity index (χ1v) is 8.38. The summed E-state index contributed by atoms with van der Waals surface area (Å²) in [6.07, 6.45) is 2.74. The summed E-state index contributed by atoms with van der Waals surface area (Å²) in [5.41, 5.74) is 6.79. The maximum absolute atomic E-state index is 12.2. The van der Waals surface area contributed by atoms with Gasteiger partial charge >= 0.3 is 0 Å². The van der Waals surface area contributed by atoms with Crippen LogP contribution in [0.3, 0.4) is 0 Å².